The van der Waals surface area contributed by atoms with Crippen LogP contribution < -0.4 is 14.8 Å². The van der Waals surface area contributed by atoms with Crippen molar-refractivity contribution < 1.29 is 19.4 Å². The highest BCUT2D eigenvalue weighted by Gasteiger charge is 2.35. The first-order valence-corrected chi connectivity index (χ1v) is 6.55. The van der Waals surface area contributed by atoms with Crippen molar-refractivity contribution in [2.45, 2.75) is 31.2 Å². The van der Waals surface area contributed by atoms with Gasteiger partial charge in [0.1, 0.15) is 0 Å². The van der Waals surface area contributed by atoms with Crippen LogP contribution in [0.1, 0.15) is 36.0 Å². The first-order valence-electron chi connectivity index (χ1n) is 6.55. The molecule has 0 unspecified atom stereocenters. The number of aliphatic hydroxyl groups excluding tert-OH is 1. The van der Waals surface area contributed by atoms with E-state index in [4.69, 9.17) is 9.47 Å². The number of fused-ring (bicyclic) bond motifs is 1. The summed E-state index contributed by atoms with van der Waals surface area (Å²) in [6.07, 6.45) is 3.75. The van der Waals surface area contributed by atoms with Gasteiger partial charge in [-0.25, -0.2) is 0 Å². The monoisotopic (exact) mass is 263 g/mol. The van der Waals surface area contributed by atoms with E-state index in [1.807, 2.05) is 0 Å². The molecular formula is C14H17NO4. The molecule has 0 atom stereocenters. The van der Waals surface area contributed by atoms with Crippen molar-refractivity contribution in [2.24, 2.45) is 0 Å². The van der Waals surface area contributed by atoms with Crippen LogP contribution in [0.4, 0.5) is 0 Å². The van der Waals surface area contributed by atoms with Crippen molar-refractivity contribution in [1.29, 1.82) is 0 Å². The molecule has 5 heteroatoms. The van der Waals surface area contributed by atoms with E-state index in [0.717, 1.165) is 25.7 Å². The number of amides is 1. The Hall–Kier alpha value is -1.75. The molecule has 0 aromatic heterocycles. The second-order valence-electron chi connectivity index (χ2n) is 5.17. The summed E-state index contributed by atoms with van der Waals surface area (Å²) in [7, 11) is 0. The molecule has 1 heterocycles. The number of carbonyl (C=O) groups excluding carboxylic acids is 1. The molecule has 102 valence electrons. The molecule has 2 N–H and O–H groups in total. The zero-order chi connectivity index (χ0) is 13.3. The van der Waals surface area contributed by atoms with Gasteiger partial charge in [0.25, 0.3) is 5.91 Å². The summed E-state index contributed by atoms with van der Waals surface area (Å²) in [6, 6.07) is 5.12. The van der Waals surface area contributed by atoms with Crippen molar-refractivity contribution >= 4 is 5.91 Å². The first kappa shape index (κ1) is 12.3. The first-order chi connectivity index (χ1) is 9.22. The van der Waals surface area contributed by atoms with Crippen LogP contribution in [0, 0.1) is 0 Å². The standard InChI is InChI=1S/C14H17NO4/c16-8-14(5-1-2-6-14)15-13(17)10-3-4-11-12(7-10)19-9-18-11/h3-4,7,16H,1-2,5-6,8-9H2,(H,15,17). The normalized spacial score (nSPS) is 19.4. The summed E-state index contributed by atoms with van der Waals surface area (Å²) in [5, 5.41) is 12.5. The lowest BCUT2D eigenvalue weighted by Gasteiger charge is -2.28. The third-order valence-electron chi connectivity index (χ3n) is 3.88. The number of benzene rings is 1. The molecule has 1 aliphatic heterocycles. The maximum absolute atomic E-state index is 12.2. The molecule has 0 spiro atoms. The smallest absolute Gasteiger partial charge is 0.251 e. The highest BCUT2D eigenvalue weighted by molar-refractivity contribution is 5.95. The molecule has 0 saturated heterocycles. The van der Waals surface area contributed by atoms with Crippen LogP contribution in [0.15, 0.2) is 18.2 Å². The van der Waals surface area contributed by atoms with E-state index in [1.165, 1.54) is 0 Å². The van der Waals surface area contributed by atoms with Crippen molar-refractivity contribution in [2.75, 3.05) is 13.4 Å². The van der Waals surface area contributed by atoms with Crippen LogP contribution in [0.3, 0.4) is 0 Å². The highest BCUT2D eigenvalue weighted by atomic mass is 16.7. The molecule has 1 amide bonds. The van der Waals surface area contributed by atoms with Gasteiger partial charge in [0.05, 0.1) is 12.1 Å². The Bertz CT molecular complexity index is 494. The topological polar surface area (TPSA) is 67.8 Å². The minimum Gasteiger partial charge on any atom is -0.454 e. The molecule has 19 heavy (non-hydrogen) atoms. The minimum absolute atomic E-state index is 0.0106. The number of carbonyl (C=O) groups is 1. The fourth-order valence-corrected chi connectivity index (χ4v) is 2.73. The molecule has 1 fully saturated rings. The maximum atomic E-state index is 12.2. The third kappa shape index (κ3) is 2.26. The molecule has 1 aromatic carbocycles. The van der Waals surface area contributed by atoms with Gasteiger partial charge in [0.15, 0.2) is 11.5 Å². The van der Waals surface area contributed by atoms with Gasteiger partial charge in [-0.15, -0.1) is 0 Å². The Morgan fingerprint density at radius 1 is 1.26 bits per heavy atom. The van der Waals surface area contributed by atoms with Crippen molar-refractivity contribution in [3.8, 4) is 11.5 Å². The molecule has 3 rings (SSSR count). The second kappa shape index (κ2) is 4.74. The molecular weight excluding hydrogens is 246 g/mol. The zero-order valence-corrected chi connectivity index (χ0v) is 10.6. The molecule has 1 aliphatic carbocycles. The summed E-state index contributed by atoms with van der Waals surface area (Å²) in [5.74, 6) is 1.08. The minimum atomic E-state index is -0.451. The summed E-state index contributed by atoms with van der Waals surface area (Å²) in [4.78, 5) is 12.2. The van der Waals surface area contributed by atoms with Crippen molar-refractivity contribution in [1.82, 2.24) is 5.32 Å². The Morgan fingerprint density at radius 3 is 2.74 bits per heavy atom. The van der Waals surface area contributed by atoms with E-state index < -0.39 is 5.54 Å². The fraction of sp³-hybridized carbons (Fsp3) is 0.500. The number of hydrogen-bond acceptors (Lipinski definition) is 4. The van der Waals surface area contributed by atoms with Gasteiger partial charge in [0, 0.05) is 5.56 Å². The average Bonchev–Trinajstić information content (AvgIpc) is 3.06. The van der Waals surface area contributed by atoms with Crippen LogP contribution in [0.2, 0.25) is 0 Å². The van der Waals surface area contributed by atoms with Crippen LogP contribution >= 0.6 is 0 Å². The third-order valence-corrected chi connectivity index (χ3v) is 3.88. The van der Waals surface area contributed by atoms with E-state index in [0.29, 0.717) is 17.1 Å². The molecule has 1 saturated carbocycles. The zero-order valence-electron chi connectivity index (χ0n) is 10.6. The summed E-state index contributed by atoms with van der Waals surface area (Å²) in [6.45, 7) is 0.185. The predicted octanol–water partition coefficient (Wildman–Crippen LogP) is 1.45. The van der Waals surface area contributed by atoms with Crippen LogP contribution in [0.25, 0.3) is 0 Å². The number of hydrogen-bond donors (Lipinski definition) is 2. The maximum Gasteiger partial charge on any atom is 0.251 e. The number of aliphatic hydroxyl groups is 1. The lowest BCUT2D eigenvalue weighted by Crippen LogP contribution is -2.49. The van der Waals surface area contributed by atoms with Gasteiger partial charge in [0.2, 0.25) is 6.79 Å². The van der Waals surface area contributed by atoms with E-state index in [9.17, 15) is 9.90 Å². The average molecular weight is 263 g/mol. The van der Waals surface area contributed by atoms with Crippen LogP contribution in [-0.4, -0.2) is 30.0 Å². The van der Waals surface area contributed by atoms with E-state index in [1.54, 1.807) is 18.2 Å². The largest absolute Gasteiger partial charge is 0.454 e. The molecule has 0 bridgehead atoms. The van der Waals surface area contributed by atoms with Crippen molar-refractivity contribution in [3.63, 3.8) is 0 Å². The Morgan fingerprint density at radius 2 is 2.00 bits per heavy atom. The molecule has 5 nitrogen and oxygen atoms in total. The van der Waals surface area contributed by atoms with Gasteiger partial charge in [-0.3, -0.25) is 4.79 Å². The lowest BCUT2D eigenvalue weighted by molar-refractivity contribution is 0.0838. The predicted molar refractivity (Wildman–Crippen MR) is 68.3 cm³/mol. The number of rotatable bonds is 3. The van der Waals surface area contributed by atoms with Gasteiger partial charge in [-0.05, 0) is 31.0 Å². The van der Waals surface area contributed by atoms with E-state index >= 15 is 0 Å². The summed E-state index contributed by atoms with van der Waals surface area (Å²) >= 11 is 0. The van der Waals surface area contributed by atoms with Gasteiger partial charge >= 0.3 is 0 Å². The lowest BCUT2D eigenvalue weighted by atomic mass is 9.98. The fourth-order valence-electron chi connectivity index (χ4n) is 2.73. The summed E-state index contributed by atoms with van der Waals surface area (Å²) < 4.78 is 10.5. The van der Waals surface area contributed by atoms with E-state index in [-0.39, 0.29) is 19.3 Å². The quantitative estimate of drug-likeness (QED) is 0.866. The van der Waals surface area contributed by atoms with Crippen LogP contribution in [0.5, 0.6) is 11.5 Å². The second-order valence-corrected chi connectivity index (χ2v) is 5.17. The van der Waals surface area contributed by atoms with Gasteiger partial charge in [-0.1, -0.05) is 12.8 Å². The molecule has 0 radical (unpaired) electrons. The van der Waals surface area contributed by atoms with Gasteiger partial charge < -0.3 is 19.9 Å². The van der Waals surface area contributed by atoms with Crippen LogP contribution in [-0.2, 0) is 0 Å². The Labute approximate surface area is 111 Å². The Kier molecular flexibility index (Phi) is 3.06. The highest BCUT2D eigenvalue weighted by Crippen LogP contribution is 2.33. The van der Waals surface area contributed by atoms with Crippen molar-refractivity contribution in [3.05, 3.63) is 23.8 Å². The number of ether oxygens (including phenoxy) is 2. The molecule has 1 aromatic rings. The summed E-state index contributed by atoms with van der Waals surface area (Å²) in [5.41, 5.74) is 0.0805. The van der Waals surface area contributed by atoms with Gasteiger partial charge in [-0.2, -0.15) is 0 Å². The SMILES string of the molecule is O=C(NC1(CO)CCCC1)c1ccc2c(c1)OCO2. The van der Waals surface area contributed by atoms with E-state index in [2.05, 4.69) is 5.32 Å². The number of nitrogens with one attached hydrogen (secondary N) is 1. The Balaban J connectivity index is 1.77. The molecule has 2 aliphatic rings.